The standard InChI is InChI=1S/C12H24N2O/c1-4-7-13-12(15)10(3)14-8-9(2)11-5-6-11/h9-11,14H,4-8H2,1-3H3,(H,13,15). The van der Waals surface area contributed by atoms with Gasteiger partial charge in [0.05, 0.1) is 6.04 Å². The van der Waals surface area contributed by atoms with Gasteiger partial charge in [-0.3, -0.25) is 4.79 Å². The van der Waals surface area contributed by atoms with Crippen molar-refractivity contribution in [3.8, 4) is 0 Å². The van der Waals surface area contributed by atoms with Crippen molar-refractivity contribution in [3.63, 3.8) is 0 Å². The molecule has 2 unspecified atom stereocenters. The van der Waals surface area contributed by atoms with Gasteiger partial charge >= 0.3 is 0 Å². The second kappa shape index (κ2) is 6.11. The zero-order chi connectivity index (χ0) is 11.3. The quantitative estimate of drug-likeness (QED) is 0.672. The van der Waals surface area contributed by atoms with Gasteiger partial charge in [0.2, 0.25) is 5.91 Å². The van der Waals surface area contributed by atoms with Crippen LogP contribution in [0.1, 0.15) is 40.0 Å². The Labute approximate surface area is 93.0 Å². The third kappa shape index (κ3) is 4.65. The van der Waals surface area contributed by atoms with Crippen molar-refractivity contribution < 1.29 is 4.79 Å². The van der Waals surface area contributed by atoms with E-state index in [2.05, 4.69) is 24.5 Å². The Morgan fingerprint density at radius 3 is 2.60 bits per heavy atom. The van der Waals surface area contributed by atoms with Crippen LogP contribution in [0, 0.1) is 11.8 Å². The first-order chi connectivity index (χ1) is 7.15. The van der Waals surface area contributed by atoms with Gasteiger partial charge in [-0.15, -0.1) is 0 Å². The second-order valence-electron chi connectivity index (χ2n) is 4.74. The minimum atomic E-state index is -0.0576. The Morgan fingerprint density at radius 1 is 1.40 bits per heavy atom. The van der Waals surface area contributed by atoms with E-state index in [-0.39, 0.29) is 11.9 Å². The minimum Gasteiger partial charge on any atom is -0.355 e. The van der Waals surface area contributed by atoms with Crippen LogP contribution in [0.3, 0.4) is 0 Å². The number of carbonyl (C=O) groups is 1. The van der Waals surface area contributed by atoms with Crippen molar-refractivity contribution >= 4 is 5.91 Å². The molecule has 0 aliphatic heterocycles. The zero-order valence-electron chi connectivity index (χ0n) is 10.2. The van der Waals surface area contributed by atoms with Gasteiger partial charge in [0.15, 0.2) is 0 Å². The molecule has 1 aliphatic carbocycles. The fraction of sp³-hybridized carbons (Fsp3) is 0.917. The van der Waals surface area contributed by atoms with Crippen molar-refractivity contribution in [2.75, 3.05) is 13.1 Å². The number of hydrogen-bond donors (Lipinski definition) is 2. The van der Waals surface area contributed by atoms with Crippen molar-refractivity contribution in [1.82, 2.24) is 10.6 Å². The van der Waals surface area contributed by atoms with Gasteiger partial charge < -0.3 is 10.6 Å². The summed E-state index contributed by atoms with van der Waals surface area (Å²) in [4.78, 5) is 11.5. The summed E-state index contributed by atoms with van der Waals surface area (Å²) in [5, 5.41) is 6.20. The van der Waals surface area contributed by atoms with E-state index >= 15 is 0 Å². The predicted octanol–water partition coefficient (Wildman–Crippen LogP) is 1.54. The molecule has 3 heteroatoms. The van der Waals surface area contributed by atoms with Crippen LogP contribution in [0.5, 0.6) is 0 Å². The molecule has 1 aliphatic rings. The maximum absolute atomic E-state index is 11.5. The molecule has 0 spiro atoms. The molecule has 0 aromatic heterocycles. The number of nitrogens with one attached hydrogen (secondary N) is 2. The van der Waals surface area contributed by atoms with Crippen LogP contribution in [0.15, 0.2) is 0 Å². The normalized spacial score (nSPS) is 19.7. The molecule has 0 bridgehead atoms. The van der Waals surface area contributed by atoms with Crippen LogP contribution in [0.25, 0.3) is 0 Å². The molecule has 0 aromatic carbocycles. The van der Waals surface area contributed by atoms with Crippen molar-refractivity contribution in [1.29, 1.82) is 0 Å². The molecular formula is C12H24N2O. The molecule has 2 N–H and O–H groups in total. The van der Waals surface area contributed by atoms with Crippen LogP contribution >= 0.6 is 0 Å². The first-order valence-corrected chi connectivity index (χ1v) is 6.16. The summed E-state index contributed by atoms with van der Waals surface area (Å²) >= 11 is 0. The average Bonchev–Trinajstić information content (AvgIpc) is 3.05. The van der Waals surface area contributed by atoms with Crippen molar-refractivity contribution in [3.05, 3.63) is 0 Å². The smallest absolute Gasteiger partial charge is 0.236 e. The van der Waals surface area contributed by atoms with Crippen LogP contribution in [-0.4, -0.2) is 25.0 Å². The topological polar surface area (TPSA) is 41.1 Å². The van der Waals surface area contributed by atoms with E-state index in [9.17, 15) is 4.79 Å². The van der Waals surface area contributed by atoms with Gasteiger partial charge in [0.25, 0.3) is 0 Å². The SMILES string of the molecule is CCCNC(=O)C(C)NCC(C)C1CC1. The Morgan fingerprint density at radius 2 is 2.07 bits per heavy atom. The molecule has 1 saturated carbocycles. The van der Waals surface area contributed by atoms with Crippen LogP contribution < -0.4 is 10.6 Å². The molecule has 0 heterocycles. The van der Waals surface area contributed by atoms with Crippen molar-refractivity contribution in [2.24, 2.45) is 11.8 Å². The minimum absolute atomic E-state index is 0.0576. The fourth-order valence-electron chi connectivity index (χ4n) is 1.69. The Kier molecular flexibility index (Phi) is 5.09. The lowest BCUT2D eigenvalue weighted by Crippen LogP contribution is -2.43. The summed E-state index contributed by atoms with van der Waals surface area (Å²) in [5.41, 5.74) is 0. The highest BCUT2D eigenvalue weighted by atomic mass is 16.2. The Hall–Kier alpha value is -0.570. The van der Waals surface area contributed by atoms with E-state index in [4.69, 9.17) is 0 Å². The lowest BCUT2D eigenvalue weighted by Gasteiger charge is -2.17. The van der Waals surface area contributed by atoms with E-state index in [1.807, 2.05) is 6.92 Å². The van der Waals surface area contributed by atoms with Gasteiger partial charge in [-0.1, -0.05) is 13.8 Å². The molecule has 1 fully saturated rings. The molecule has 3 nitrogen and oxygen atoms in total. The highest BCUT2D eigenvalue weighted by Crippen LogP contribution is 2.36. The molecule has 0 aromatic rings. The zero-order valence-corrected chi connectivity index (χ0v) is 10.2. The highest BCUT2D eigenvalue weighted by Gasteiger charge is 2.28. The third-order valence-corrected chi connectivity index (χ3v) is 3.12. The predicted molar refractivity (Wildman–Crippen MR) is 62.7 cm³/mol. The lowest BCUT2D eigenvalue weighted by molar-refractivity contribution is -0.122. The molecule has 1 rings (SSSR count). The maximum Gasteiger partial charge on any atom is 0.236 e. The summed E-state index contributed by atoms with van der Waals surface area (Å²) < 4.78 is 0. The Balaban J connectivity index is 2.10. The van der Waals surface area contributed by atoms with E-state index < -0.39 is 0 Å². The first-order valence-electron chi connectivity index (χ1n) is 6.16. The number of rotatable bonds is 7. The average molecular weight is 212 g/mol. The van der Waals surface area contributed by atoms with Crippen LogP contribution in [-0.2, 0) is 4.79 Å². The molecular weight excluding hydrogens is 188 g/mol. The van der Waals surface area contributed by atoms with E-state index in [1.165, 1.54) is 12.8 Å². The van der Waals surface area contributed by atoms with E-state index in [0.717, 1.165) is 25.4 Å². The summed E-state index contributed by atoms with van der Waals surface area (Å²) in [7, 11) is 0. The molecule has 2 atom stereocenters. The summed E-state index contributed by atoms with van der Waals surface area (Å²) in [5.74, 6) is 1.75. The summed E-state index contributed by atoms with van der Waals surface area (Å²) in [6, 6.07) is -0.0576. The summed E-state index contributed by atoms with van der Waals surface area (Å²) in [6.45, 7) is 8.01. The largest absolute Gasteiger partial charge is 0.355 e. The molecule has 0 saturated heterocycles. The summed E-state index contributed by atoms with van der Waals surface area (Å²) in [6.07, 6.45) is 3.75. The third-order valence-electron chi connectivity index (χ3n) is 3.12. The fourth-order valence-corrected chi connectivity index (χ4v) is 1.69. The number of amides is 1. The van der Waals surface area contributed by atoms with Gasteiger partial charge in [-0.05, 0) is 44.6 Å². The van der Waals surface area contributed by atoms with Gasteiger partial charge in [0.1, 0.15) is 0 Å². The van der Waals surface area contributed by atoms with Gasteiger partial charge in [-0.2, -0.15) is 0 Å². The monoisotopic (exact) mass is 212 g/mol. The Bertz CT molecular complexity index is 202. The molecule has 88 valence electrons. The van der Waals surface area contributed by atoms with E-state index in [0.29, 0.717) is 5.92 Å². The molecule has 15 heavy (non-hydrogen) atoms. The number of hydrogen-bond acceptors (Lipinski definition) is 2. The van der Waals surface area contributed by atoms with Crippen LogP contribution in [0.2, 0.25) is 0 Å². The van der Waals surface area contributed by atoms with Crippen LogP contribution in [0.4, 0.5) is 0 Å². The molecule has 0 radical (unpaired) electrons. The second-order valence-corrected chi connectivity index (χ2v) is 4.74. The first kappa shape index (κ1) is 12.5. The molecule has 1 amide bonds. The van der Waals surface area contributed by atoms with Gasteiger partial charge in [-0.25, -0.2) is 0 Å². The number of carbonyl (C=O) groups excluding carboxylic acids is 1. The maximum atomic E-state index is 11.5. The van der Waals surface area contributed by atoms with Crippen molar-refractivity contribution in [2.45, 2.75) is 46.1 Å². The van der Waals surface area contributed by atoms with Gasteiger partial charge in [0, 0.05) is 6.54 Å². The van der Waals surface area contributed by atoms with E-state index in [1.54, 1.807) is 0 Å². The highest BCUT2D eigenvalue weighted by molar-refractivity contribution is 5.81. The lowest BCUT2D eigenvalue weighted by atomic mass is 10.1.